The van der Waals surface area contributed by atoms with Crippen molar-refractivity contribution in [2.24, 2.45) is 5.92 Å². The molecule has 1 aliphatic heterocycles. The molecule has 3 nitrogen and oxygen atoms in total. The van der Waals surface area contributed by atoms with Crippen LogP contribution in [0.25, 0.3) is 0 Å². The van der Waals surface area contributed by atoms with Gasteiger partial charge in [-0.1, -0.05) is 0 Å². The quantitative estimate of drug-likeness (QED) is 0.911. The van der Waals surface area contributed by atoms with E-state index in [0.717, 1.165) is 33.4 Å². The Morgan fingerprint density at radius 1 is 1.53 bits per heavy atom. The van der Waals surface area contributed by atoms with Crippen LogP contribution in [0.2, 0.25) is 0 Å². The van der Waals surface area contributed by atoms with E-state index >= 15 is 0 Å². The van der Waals surface area contributed by atoms with Crippen LogP contribution in [-0.2, 0) is 0 Å². The van der Waals surface area contributed by atoms with Gasteiger partial charge in [-0.15, -0.1) is 11.3 Å². The third-order valence-corrected chi connectivity index (χ3v) is 6.15. The highest BCUT2D eigenvalue weighted by Gasteiger charge is 2.34. The summed E-state index contributed by atoms with van der Waals surface area (Å²) >= 11 is 4.98. The molecule has 2 heterocycles. The molecule has 0 aromatic carbocycles. The number of hydrogen-bond donors (Lipinski definition) is 1. The van der Waals surface area contributed by atoms with E-state index < -0.39 is 0 Å². The van der Waals surface area contributed by atoms with E-state index in [1.165, 1.54) is 37.1 Å². The summed E-state index contributed by atoms with van der Waals surface area (Å²) in [6.07, 6.45) is 3.98. The smallest absolute Gasteiger partial charge is 0.261 e. The summed E-state index contributed by atoms with van der Waals surface area (Å²) < 4.78 is 1.05. The summed E-state index contributed by atoms with van der Waals surface area (Å²) in [5.74, 6) is 0.706. The van der Waals surface area contributed by atoms with Crippen LogP contribution in [0.1, 0.15) is 34.5 Å². The first-order chi connectivity index (χ1) is 9.13. The number of carbonyl (C=O) groups excluding carboxylic acids is 1. The number of hydrogen-bond acceptors (Lipinski definition) is 3. The van der Waals surface area contributed by atoms with Crippen LogP contribution in [0.4, 0.5) is 0 Å². The highest BCUT2D eigenvalue weighted by Crippen LogP contribution is 2.31. The van der Waals surface area contributed by atoms with Crippen molar-refractivity contribution < 1.29 is 4.79 Å². The number of rotatable bonds is 4. The fourth-order valence-electron chi connectivity index (χ4n) is 2.70. The van der Waals surface area contributed by atoms with Gasteiger partial charge in [0.15, 0.2) is 0 Å². The lowest BCUT2D eigenvalue weighted by Gasteiger charge is -2.14. The van der Waals surface area contributed by atoms with Crippen molar-refractivity contribution in [2.75, 3.05) is 19.6 Å². The minimum atomic E-state index is 0.0728. The van der Waals surface area contributed by atoms with E-state index in [-0.39, 0.29) is 5.91 Å². The predicted molar refractivity (Wildman–Crippen MR) is 81.8 cm³/mol. The molecule has 5 heteroatoms. The number of aryl methyl sites for hydroxylation is 1. The second-order valence-electron chi connectivity index (χ2n) is 5.66. The minimum Gasteiger partial charge on any atom is -0.351 e. The van der Waals surface area contributed by atoms with Gasteiger partial charge >= 0.3 is 0 Å². The first-order valence-electron chi connectivity index (χ1n) is 6.91. The van der Waals surface area contributed by atoms with Crippen LogP contribution < -0.4 is 5.32 Å². The molecule has 2 fully saturated rings. The average molecular weight is 343 g/mol. The second kappa shape index (κ2) is 5.54. The SMILES string of the molecule is Cc1cc(C(=O)NCC2CCN(C3CC3)C2)sc1Br. The van der Waals surface area contributed by atoms with Crippen LogP contribution in [0.15, 0.2) is 9.85 Å². The lowest BCUT2D eigenvalue weighted by molar-refractivity contribution is 0.0951. The molecule has 1 aromatic rings. The summed E-state index contributed by atoms with van der Waals surface area (Å²) in [5.41, 5.74) is 1.14. The number of carbonyl (C=O) groups is 1. The summed E-state index contributed by atoms with van der Waals surface area (Å²) in [5, 5.41) is 3.09. The zero-order chi connectivity index (χ0) is 13.4. The highest BCUT2D eigenvalue weighted by molar-refractivity contribution is 9.11. The van der Waals surface area contributed by atoms with Crippen molar-refractivity contribution in [1.29, 1.82) is 0 Å². The fourth-order valence-corrected chi connectivity index (χ4v) is 4.15. The summed E-state index contributed by atoms with van der Waals surface area (Å²) in [6, 6.07) is 2.81. The lowest BCUT2D eigenvalue weighted by atomic mass is 10.1. The fraction of sp³-hybridized carbons (Fsp3) is 0.643. The molecule has 1 N–H and O–H groups in total. The first-order valence-corrected chi connectivity index (χ1v) is 8.52. The Balaban J connectivity index is 1.48. The van der Waals surface area contributed by atoms with Crippen molar-refractivity contribution in [3.8, 4) is 0 Å². The van der Waals surface area contributed by atoms with E-state index in [4.69, 9.17) is 0 Å². The molecule has 1 unspecified atom stereocenters. The number of thiophene rings is 1. The molecule has 1 saturated carbocycles. The number of halogens is 1. The molecule has 1 saturated heterocycles. The Hall–Kier alpha value is -0.390. The maximum Gasteiger partial charge on any atom is 0.261 e. The van der Waals surface area contributed by atoms with Crippen molar-refractivity contribution in [1.82, 2.24) is 10.2 Å². The van der Waals surface area contributed by atoms with Gasteiger partial charge in [-0.2, -0.15) is 0 Å². The molecule has 104 valence electrons. The van der Waals surface area contributed by atoms with Gasteiger partial charge < -0.3 is 10.2 Å². The zero-order valence-electron chi connectivity index (χ0n) is 11.1. The monoisotopic (exact) mass is 342 g/mol. The third kappa shape index (κ3) is 3.20. The Morgan fingerprint density at radius 2 is 2.32 bits per heavy atom. The number of likely N-dealkylation sites (tertiary alicyclic amines) is 1. The van der Waals surface area contributed by atoms with E-state index in [1.54, 1.807) is 0 Å². The minimum absolute atomic E-state index is 0.0728. The molecule has 1 atom stereocenters. The van der Waals surface area contributed by atoms with Crippen molar-refractivity contribution >= 4 is 33.2 Å². The average Bonchev–Trinajstić information content (AvgIpc) is 3.04. The molecule has 0 bridgehead atoms. The molecule has 2 aliphatic rings. The van der Waals surface area contributed by atoms with Crippen molar-refractivity contribution in [3.63, 3.8) is 0 Å². The van der Waals surface area contributed by atoms with Gasteiger partial charge in [-0.05, 0) is 66.2 Å². The van der Waals surface area contributed by atoms with Gasteiger partial charge in [-0.25, -0.2) is 0 Å². The predicted octanol–water partition coefficient (Wildman–Crippen LogP) is 3.03. The van der Waals surface area contributed by atoms with Crippen LogP contribution in [0, 0.1) is 12.8 Å². The summed E-state index contributed by atoms with van der Waals surface area (Å²) in [4.78, 5) is 15.5. The maximum absolute atomic E-state index is 12.1. The van der Waals surface area contributed by atoms with E-state index in [1.807, 2.05) is 13.0 Å². The second-order valence-corrected chi connectivity index (χ2v) is 8.03. The summed E-state index contributed by atoms with van der Waals surface area (Å²) in [7, 11) is 0. The standard InChI is InChI=1S/C14H19BrN2OS/c1-9-6-12(19-13(9)15)14(18)16-7-10-4-5-17(8-10)11-2-3-11/h6,10-11H,2-5,7-8H2,1H3,(H,16,18). The van der Waals surface area contributed by atoms with Gasteiger partial charge in [0.1, 0.15) is 0 Å². The largest absolute Gasteiger partial charge is 0.351 e. The van der Waals surface area contributed by atoms with Crippen LogP contribution in [0.3, 0.4) is 0 Å². The zero-order valence-corrected chi connectivity index (χ0v) is 13.5. The Morgan fingerprint density at radius 3 is 2.95 bits per heavy atom. The van der Waals surface area contributed by atoms with Crippen LogP contribution in [-0.4, -0.2) is 36.5 Å². The number of nitrogens with zero attached hydrogens (tertiary/aromatic N) is 1. The molecule has 0 radical (unpaired) electrons. The first kappa shape index (κ1) is 13.6. The molecule has 0 spiro atoms. The van der Waals surface area contributed by atoms with Crippen molar-refractivity contribution in [3.05, 3.63) is 20.3 Å². The van der Waals surface area contributed by atoms with Gasteiger partial charge in [-0.3, -0.25) is 4.79 Å². The Labute approximate surface area is 126 Å². The number of nitrogens with one attached hydrogen (secondary N) is 1. The summed E-state index contributed by atoms with van der Waals surface area (Å²) in [6.45, 7) is 5.21. The van der Waals surface area contributed by atoms with Gasteiger partial charge in [0.2, 0.25) is 0 Å². The van der Waals surface area contributed by atoms with Crippen LogP contribution in [0.5, 0.6) is 0 Å². The highest BCUT2D eigenvalue weighted by atomic mass is 79.9. The topological polar surface area (TPSA) is 32.3 Å². The Kier molecular flexibility index (Phi) is 3.96. The normalized spacial score (nSPS) is 23.8. The number of amides is 1. The van der Waals surface area contributed by atoms with Gasteiger partial charge in [0.25, 0.3) is 5.91 Å². The van der Waals surface area contributed by atoms with Crippen LogP contribution >= 0.6 is 27.3 Å². The molecule has 19 heavy (non-hydrogen) atoms. The van der Waals surface area contributed by atoms with Gasteiger partial charge in [0, 0.05) is 19.1 Å². The van der Waals surface area contributed by atoms with Crippen molar-refractivity contribution in [2.45, 2.75) is 32.2 Å². The van der Waals surface area contributed by atoms with E-state index in [0.29, 0.717) is 5.92 Å². The molecular formula is C14H19BrN2OS. The maximum atomic E-state index is 12.1. The van der Waals surface area contributed by atoms with Gasteiger partial charge in [0.05, 0.1) is 8.66 Å². The molecule has 1 aliphatic carbocycles. The molecule has 1 amide bonds. The van der Waals surface area contributed by atoms with E-state index in [9.17, 15) is 4.79 Å². The molecular weight excluding hydrogens is 324 g/mol. The lowest BCUT2D eigenvalue weighted by Crippen LogP contribution is -2.31. The Bertz CT molecular complexity index is 464. The third-order valence-electron chi connectivity index (χ3n) is 4.01. The van der Waals surface area contributed by atoms with E-state index in [2.05, 4.69) is 26.1 Å². The molecule has 1 aromatic heterocycles. The molecule has 3 rings (SSSR count).